The van der Waals surface area contributed by atoms with Crippen molar-refractivity contribution in [3.05, 3.63) is 47.5 Å². The molecule has 5 nitrogen and oxygen atoms in total. The highest BCUT2D eigenvalue weighted by molar-refractivity contribution is 7.83. The zero-order valence-electron chi connectivity index (χ0n) is 16.4. The van der Waals surface area contributed by atoms with Crippen molar-refractivity contribution < 1.29 is 26.2 Å². The Hall–Kier alpha value is -2.69. The van der Waals surface area contributed by atoms with Crippen LogP contribution in [0.25, 0.3) is 11.0 Å². The zero-order chi connectivity index (χ0) is 22.5. The molecule has 160 valence electrons. The Labute approximate surface area is 167 Å². The van der Waals surface area contributed by atoms with E-state index in [9.17, 15) is 26.2 Å². The number of hydrogen-bond donors (Lipinski definition) is 2. The molecule has 0 saturated carbocycles. The molecule has 0 aliphatic rings. The quantitative estimate of drug-likeness (QED) is 0.345. The minimum absolute atomic E-state index is 0.0131. The monoisotopic (exact) mass is 436 g/mol. The molecule has 3 aromatic rings. The number of halogens is 5. The number of anilines is 2. The third kappa shape index (κ3) is 4.19. The summed E-state index contributed by atoms with van der Waals surface area (Å²) in [6, 6.07) is 1.40. The fourth-order valence-corrected chi connectivity index (χ4v) is 3.48. The van der Waals surface area contributed by atoms with Crippen LogP contribution in [0.15, 0.2) is 23.4 Å². The molecule has 1 unspecified atom stereocenters. The first-order valence-corrected chi connectivity index (χ1v) is 9.77. The van der Waals surface area contributed by atoms with Gasteiger partial charge in [-0.05, 0) is 6.07 Å². The Balaban J connectivity index is 0.000000989. The normalized spacial score (nSPS) is 11.2. The van der Waals surface area contributed by atoms with Crippen molar-refractivity contribution in [2.24, 2.45) is 0 Å². The number of aromatic nitrogens is 2. The Morgan fingerprint density at radius 1 is 0.966 bits per heavy atom. The molecule has 0 radical (unpaired) electrons. The molecule has 29 heavy (non-hydrogen) atoms. The maximum Gasteiger partial charge on any atom is 0.200 e. The predicted molar refractivity (Wildman–Crippen MR) is 104 cm³/mol. The van der Waals surface area contributed by atoms with Crippen LogP contribution in [0.2, 0.25) is 0 Å². The third-order valence-corrected chi connectivity index (χ3v) is 4.84. The summed E-state index contributed by atoms with van der Waals surface area (Å²) >= 11 is 0. The zero-order valence-corrected chi connectivity index (χ0v) is 17.2. The van der Waals surface area contributed by atoms with Crippen molar-refractivity contribution in [2.75, 3.05) is 18.1 Å². The van der Waals surface area contributed by atoms with Gasteiger partial charge in [0.1, 0.15) is 4.90 Å². The Kier molecular flexibility index (Phi) is 8.56. The number of benzene rings is 1. The second-order valence-corrected chi connectivity index (χ2v) is 6.17. The first-order chi connectivity index (χ1) is 13.8. The van der Waals surface area contributed by atoms with E-state index < -0.39 is 45.0 Å². The van der Waals surface area contributed by atoms with E-state index in [-0.39, 0.29) is 11.3 Å². The summed E-state index contributed by atoms with van der Waals surface area (Å²) in [5.41, 5.74) is 6.39. The molecule has 0 saturated heterocycles. The van der Waals surface area contributed by atoms with Crippen LogP contribution in [0.4, 0.5) is 33.3 Å². The summed E-state index contributed by atoms with van der Waals surface area (Å²) in [4.78, 5) is 2.46. The van der Waals surface area contributed by atoms with Gasteiger partial charge in [0.05, 0.1) is 17.6 Å². The first kappa shape index (κ1) is 24.3. The lowest BCUT2D eigenvalue weighted by Crippen LogP contribution is -2.13. The van der Waals surface area contributed by atoms with E-state index in [0.29, 0.717) is 11.1 Å². The third-order valence-electron chi connectivity index (χ3n) is 3.48. The number of fused-ring (bicyclic) bond motifs is 1. The van der Waals surface area contributed by atoms with Gasteiger partial charge in [0.2, 0.25) is 5.82 Å². The molecular formula is C18H21F5N4OS. The highest BCUT2D eigenvalue weighted by Gasteiger charge is 2.30. The van der Waals surface area contributed by atoms with E-state index in [4.69, 9.17) is 5.73 Å². The second kappa shape index (κ2) is 10.2. The lowest BCUT2D eigenvalue weighted by Gasteiger charge is -2.10. The van der Waals surface area contributed by atoms with Crippen LogP contribution in [0.3, 0.4) is 0 Å². The average molecular weight is 436 g/mol. The lowest BCUT2D eigenvalue weighted by molar-refractivity contribution is 0.359. The van der Waals surface area contributed by atoms with Crippen LogP contribution in [0.5, 0.6) is 0 Å². The number of rotatable bonds is 3. The molecule has 0 amide bonds. The maximum atomic E-state index is 13.9. The molecule has 3 N–H and O–H groups in total. The summed E-state index contributed by atoms with van der Waals surface area (Å²) in [6.07, 6.45) is 2.35. The van der Waals surface area contributed by atoms with Crippen LogP contribution in [-0.4, -0.2) is 20.2 Å². The Morgan fingerprint density at radius 3 is 1.93 bits per heavy atom. The lowest BCUT2D eigenvalue weighted by atomic mass is 10.2. The van der Waals surface area contributed by atoms with Crippen molar-refractivity contribution in [2.45, 2.75) is 32.6 Å². The number of nitrogens with one attached hydrogen (secondary N) is 1. The fourth-order valence-electron chi connectivity index (χ4n) is 2.33. The highest BCUT2D eigenvalue weighted by Crippen LogP contribution is 2.31. The first-order valence-electron chi connectivity index (χ1n) is 8.66. The summed E-state index contributed by atoms with van der Waals surface area (Å²) < 4.78 is 80.9. The summed E-state index contributed by atoms with van der Waals surface area (Å²) in [5.74, 6) is -11.0. The molecule has 2 aromatic heterocycles. The van der Waals surface area contributed by atoms with Gasteiger partial charge in [-0.3, -0.25) is 0 Å². The second-order valence-electron chi connectivity index (χ2n) is 4.87. The van der Waals surface area contributed by atoms with Crippen LogP contribution < -0.4 is 11.1 Å². The van der Waals surface area contributed by atoms with Crippen molar-refractivity contribution in [3.63, 3.8) is 0 Å². The average Bonchev–Trinajstić information content (AvgIpc) is 3.17. The Bertz CT molecular complexity index is 1010. The predicted octanol–water partition coefficient (Wildman–Crippen LogP) is 4.98. The van der Waals surface area contributed by atoms with Gasteiger partial charge in [-0.15, -0.1) is 0 Å². The molecule has 0 bridgehead atoms. The molecule has 0 fully saturated rings. The molecule has 11 heteroatoms. The molecule has 1 aromatic carbocycles. The van der Waals surface area contributed by atoms with Gasteiger partial charge in [0.25, 0.3) is 0 Å². The van der Waals surface area contributed by atoms with E-state index >= 15 is 0 Å². The maximum absolute atomic E-state index is 13.9. The van der Waals surface area contributed by atoms with E-state index in [0.717, 1.165) is 10.2 Å². The van der Waals surface area contributed by atoms with E-state index in [2.05, 4.69) is 10.3 Å². The van der Waals surface area contributed by atoms with Crippen molar-refractivity contribution >= 4 is 33.4 Å². The van der Waals surface area contributed by atoms with E-state index in [1.807, 2.05) is 27.7 Å². The van der Waals surface area contributed by atoms with Crippen LogP contribution in [0, 0.1) is 29.1 Å². The SMILES string of the molecule is CC.CC.CNc1c(N)cnc2c1ccn2S(=O)c1c(F)c(F)c(F)c(F)c1F. The summed E-state index contributed by atoms with van der Waals surface area (Å²) in [5, 5.41) is 3.14. The molecule has 0 aliphatic carbocycles. The number of nitrogen functional groups attached to an aromatic ring is 1. The molecule has 0 aliphatic heterocycles. The number of nitrogens with two attached hydrogens (primary N) is 1. The molecular weight excluding hydrogens is 415 g/mol. The van der Waals surface area contributed by atoms with E-state index in [1.54, 1.807) is 7.05 Å². The minimum atomic E-state index is -2.77. The van der Waals surface area contributed by atoms with Crippen molar-refractivity contribution in [3.8, 4) is 0 Å². The molecule has 0 spiro atoms. The molecule has 1 atom stereocenters. The topological polar surface area (TPSA) is 72.9 Å². The van der Waals surface area contributed by atoms with Crippen LogP contribution in [0.1, 0.15) is 27.7 Å². The highest BCUT2D eigenvalue weighted by atomic mass is 32.2. The molecule has 2 heterocycles. The summed E-state index contributed by atoms with van der Waals surface area (Å²) in [6.45, 7) is 8.00. The minimum Gasteiger partial charge on any atom is -0.396 e. The van der Waals surface area contributed by atoms with Gasteiger partial charge in [0, 0.05) is 18.6 Å². The smallest absolute Gasteiger partial charge is 0.200 e. The van der Waals surface area contributed by atoms with Gasteiger partial charge in [0.15, 0.2) is 39.9 Å². The van der Waals surface area contributed by atoms with Gasteiger partial charge >= 0.3 is 0 Å². The number of hydrogen-bond acceptors (Lipinski definition) is 4. The van der Waals surface area contributed by atoms with Crippen LogP contribution in [-0.2, 0) is 11.0 Å². The fraction of sp³-hybridized carbons (Fsp3) is 0.278. The van der Waals surface area contributed by atoms with Crippen molar-refractivity contribution in [1.82, 2.24) is 8.96 Å². The summed E-state index contributed by atoms with van der Waals surface area (Å²) in [7, 11) is -1.21. The standard InChI is InChI=1S/C14H9F5N4OS.2C2H6/c1-21-12-5-2-3-23(14(5)22-4-6(12)20)25(24)13-10(18)8(16)7(15)9(17)11(13)19;2*1-2/h2-4H,20H2,1H3,(H,21,22);2*1-2H3. The van der Waals surface area contributed by atoms with Gasteiger partial charge in [-0.1, -0.05) is 27.7 Å². The van der Waals surface area contributed by atoms with E-state index in [1.165, 1.54) is 12.3 Å². The molecule has 3 rings (SSSR count). The number of pyridine rings is 1. The van der Waals surface area contributed by atoms with Gasteiger partial charge < -0.3 is 11.1 Å². The van der Waals surface area contributed by atoms with Gasteiger partial charge in [-0.25, -0.2) is 35.1 Å². The number of nitrogens with zero attached hydrogens (tertiary/aromatic N) is 2. The van der Waals surface area contributed by atoms with Crippen LogP contribution >= 0.6 is 0 Å². The van der Waals surface area contributed by atoms with Gasteiger partial charge in [-0.2, -0.15) is 0 Å². The largest absolute Gasteiger partial charge is 0.396 e. The Morgan fingerprint density at radius 2 is 1.45 bits per heavy atom. The van der Waals surface area contributed by atoms with Crippen molar-refractivity contribution in [1.29, 1.82) is 0 Å².